The van der Waals surface area contributed by atoms with Crippen LogP contribution in [-0.4, -0.2) is 54.4 Å². The van der Waals surface area contributed by atoms with Crippen LogP contribution in [0.3, 0.4) is 0 Å². The fourth-order valence-corrected chi connectivity index (χ4v) is 3.67. The van der Waals surface area contributed by atoms with E-state index in [1.807, 2.05) is 66.6 Å². The molecule has 2 aromatic rings. The molecule has 0 unspecified atom stereocenters. The minimum atomic E-state index is -0.257. The Morgan fingerprint density at radius 3 is 2.53 bits per heavy atom. The second-order valence-corrected chi connectivity index (χ2v) is 7.51. The lowest BCUT2D eigenvalue weighted by molar-refractivity contribution is -0.132. The Kier molecular flexibility index (Phi) is 8.01. The third kappa shape index (κ3) is 6.44. The van der Waals surface area contributed by atoms with E-state index in [-0.39, 0.29) is 18.4 Å². The second kappa shape index (κ2) is 11.1. The summed E-state index contributed by atoms with van der Waals surface area (Å²) >= 11 is 0. The molecule has 0 aliphatic carbocycles. The van der Waals surface area contributed by atoms with E-state index in [9.17, 15) is 9.59 Å². The monoisotopic (exact) mass is 406 g/mol. The fourth-order valence-electron chi connectivity index (χ4n) is 3.67. The first-order valence-electron chi connectivity index (χ1n) is 10.6. The minimum Gasteiger partial charge on any atom is -0.357 e. The number of nitrogens with zero attached hydrogens (tertiary/aromatic N) is 3. The Balaban J connectivity index is 1.41. The van der Waals surface area contributed by atoms with Crippen LogP contribution in [0.2, 0.25) is 0 Å². The predicted octanol–water partition coefficient (Wildman–Crippen LogP) is 2.98. The summed E-state index contributed by atoms with van der Waals surface area (Å²) in [5.41, 5.74) is 0.950. The zero-order valence-corrected chi connectivity index (χ0v) is 17.5. The highest BCUT2D eigenvalue weighted by molar-refractivity contribution is 5.94. The van der Waals surface area contributed by atoms with Crippen molar-refractivity contribution in [2.75, 3.05) is 37.6 Å². The zero-order chi connectivity index (χ0) is 21.2. The molecule has 2 heterocycles. The molecule has 1 N–H and O–H groups in total. The first-order valence-corrected chi connectivity index (χ1v) is 10.6. The van der Waals surface area contributed by atoms with Crippen LogP contribution in [0.15, 0.2) is 60.8 Å². The van der Waals surface area contributed by atoms with Crippen molar-refractivity contribution >= 4 is 23.7 Å². The molecule has 0 spiro atoms. The van der Waals surface area contributed by atoms with E-state index in [2.05, 4.69) is 15.2 Å². The SMILES string of the molecule is CCN(CC1CCN(c2ccccn2)CC1)C(=O)CNC(=O)/C=C\c1ccccc1. The smallest absolute Gasteiger partial charge is 0.244 e. The topological polar surface area (TPSA) is 65.5 Å². The Morgan fingerprint density at radius 2 is 1.87 bits per heavy atom. The van der Waals surface area contributed by atoms with E-state index >= 15 is 0 Å². The highest BCUT2D eigenvalue weighted by Crippen LogP contribution is 2.22. The van der Waals surface area contributed by atoms with Gasteiger partial charge in [0.15, 0.2) is 0 Å². The van der Waals surface area contributed by atoms with Crippen molar-refractivity contribution in [2.45, 2.75) is 19.8 Å². The molecule has 0 atom stereocenters. The molecule has 0 bridgehead atoms. The number of benzene rings is 1. The Hall–Kier alpha value is -3.15. The van der Waals surface area contributed by atoms with Gasteiger partial charge in [-0.15, -0.1) is 0 Å². The van der Waals surface area contributed by atoms with Crippen LogP contribution < -0.4 is 10.2 Å². The molecule has 0 radical (unpaired) electrons. The van der Waals surface area contributed by atoms with Gasteiger partial charge in [0.05, 0.1) is 6.54 Å². The molecule has 6 nitrogen and oxygen atoms in total. The molecule has 30 heavy (non-hydrogen) atoms. The lowest BCUT2D eigenvalue weighted by atomic mass is 9.96. The van der Waals surface area contributed by atoms with Gasteiger partial charge in [-0.3, -0.25) is 9.59 Å². The Bertz CT molecular complexity index is 831. The summed E-state index contributed by atoms with van der Waals surface area (Å²) in [7, 11) is 0. The average molecular weight is 407 g/mol. The molecule has 0 saturated carbocycles. The zero-order valence-electron chi connectivity index (χ0n) is 17.5. The van der Waals surface area contributed by atoms with Gasteiger partial charge in [-0.25, -0.2) is 4.98 Å². The van der Waals surface area contributed by atoms with E-state index in [0.29, 0.717) is 12.5 Å². The minimum absolute atomic E-state index is 0.0264. The van der Waals surface area contributed by atoms with Crippen LogP contribution in [0.5, 0.6) is 0 Å². The molecule has 3 rings (SSSR count). The van der Waals surface area contributed by atoms with Gasteiger partial charge in [-0.05, 0) is 49.5 Å². The van der Waals surface area contributed by atoms with E-state index in [1.54, 1.807) is 6.08 Å². The average Bonchev–Trinajstić information content (AvgIpc) is 2.81. The Morgan fingerprint density at radius 1 is 1.13 bits per heavy atom. The van der Waals surface area contributed by atoms with Crippen LogP contribution in [0.4, 0.5) is 5.82 Å². The van der Waals surface area contributed by atoms with Crippen LogP contribution in [0.1, 0.15) is 25.3 Å². The standard InChI is InChI=1S/C24H30N4O2/c1-2-27(19-21-13-16-28(17-14-21)22-10-6-7-15-25-22)24(30)18-26-23(29)12-11-20-8-4-3-5-9-20/h3-12,15,21H,2,13-14,16-19H2,1H3,(H,26,29)/b12-11-. The molecule has 1 fully saturated rings. The first kappa shape index (κ1) is 21.6. The molecule has 2 amide bonds. The number of likely N-dealkylation sites (N-methyl/N-ethyl adjacent to an activating group) is 1. The summed E-state index contributed by atoms with van der Waals surface area (Å²) in [6.45, 7) is 5.30. The molecule has 158 valence electrons. The van der Waals surface area contributed by atoms with E-state index in [1.165, 1.54) is 6.08 Å². The first-order chi connectivity index (χ1) is 14.7. The van der Waals surface area contributed by atoms with Gasteiger partial charge in [-0.2, -0.15) is 0 Å². The van der Waals surface area contributed by atoms with Crippen LogP contribution in [0, 0.1) is 5.92 Å². The molecule has 1 aliphatic rings. The van der Waals surface area contributed by atoms with E-state index < -0.39 is 0 Å². The second-order valence-electron chi connectivity index (χ2n) is 7.51. The highest BCUT2D eigenvalue weighted by Gasteiger charge is 2.23. The largest absolute Gasteiger partial charge is 0.357 e. The number of anilines is 1. The van der Waals surface area contributed by atoms with Gasteiger partial charge in [0.2, 0.25) is 11.8 Å². The van der Waals surface area contributed by atoms with Crippen LogP contribution >= 0.6 is 0 Å². The molecule has 1 aromatic heterocycles. The van der Waals surface area contributed by atoms with Crippen LogP contribution in [-0.2, 0) is 9.59 Å². The fraction of sp³-hybridized carbons (Fsp3) is 0.375. The normalized spacial score (nSPS) is 14.6. The van der Waals surface area contributed by atoms with Gasteiger partial charge in [0, 0.05) is 38.5 Å². The Labute approximate surface area is 178 Å². The number of hydrogen-bond donors (Lipinski definition) is 1. The number of piperidine rings is 1. The summed E-state index contributed by atoms with van der Waals surface area (Å²) in [5, 5.41) is 2.70. The number of aromatic nitrogens is 1. The molecule has 6 heteroatoms. The number of amides is 2. The molecular weight excluding hydrogens is 376 g/mol. The summed E-state index contributed by atoms with van der Waals surface area (Å²) in [6.07, 6.45) is 7.10. The lowest BCUT2D eigenvalue weighted by Crippen LogP contribution is -2.44. The van der Waals surface area contributed by atoms with Crippen molar-refractivity contribution in [1.82, 2.24) is 15.2 Å². The predicted molar refractivity (Wildman–Crippen MR) is 120 cm³/mol. The number of pyridine rings is 1. The summed E-state index contributed by atoms with van der Waals surface area (Å²) in [5.74, 6) is 1.20. The molecule has 1 aromatic carbocycles. The number of rotatable bonds is 8. The van der Waals surface area contributed by atoms with Gasteiger partial charge in [0.25, 0.3) is 0 Å². The number of hydrogen-bond acceptors (Lipinski definition) is 4. The lowest BCUT2D eigenvalue weighted by Gasteiger charge is -2.35. The third-order valence-electron chi connectivity index (χ3n) is 5.44. The van der Waals surface area contributed by atoms with Gasteiger partial charge in [-0.1, -0.05) is 36.4 Å². The van der Waals surface area contributed by atoms with Gasteiger partial charge >= 0.3 is 0 Å². The number of nitrogens with one attached hydrogen (secondary N) is 1. The highest BCUT2D eigenvalue weighted by atomic mass is 16.2. The maximum Gasteiger partial charge on any atom is 0.244 e. The molecule has 1 saturated heterocycles. The van der Waals surface area contributed by atoms with Crippen molar-refractivity contribution in [2.24, 2.45) is 5.92 Å². The number of carbonyl (C=O) groups excluding carboxylic acids is 2. The van der Waals surface area contributed by atoms with Gasteiger partial charge < -0.3 is 15.1 Å². The third-order valence-corrected chi connectivity index (χ3v) is 5.44. The summed E-state index contributed by atoms with van der Waals surface area (Å²) in [6, 6.07) is 15.6. The van der Waals surface area contributed by atoms with Crippen molar-refractivity contribution in [3.63, 3.8) is 0 Å². The van der Waals surface area contributed by atoms with Crippen molar-refractivity contribution < 1.29 is 9.59 Å². The van der Waals surface area contributed by atoms with Crippen molar-refractivity contribution in [1.29, 1.82) is 0 Å². The number of carbonyl (C=O) groups is 2. The molecular formula is C24H30N4O2. The quantitative estimate of drug-likeness (QED) is 0.685. The van der Waals surface area contributed by atoms with Crippen LogP contribution in [0.25, 0.3) is 6.08 Å². The van der Waals surface area contributed by atoms with E-state index in [4.69, 9.17) is 0 Å². The van der Waals surface area contributed by atoms with E-state index in [0.717, 1.165) is 43.9 Å². The van der Waals surface area contributed by atoms with Gasteiger partial charge in [0.1, 0.15) is 5.82 Å². The van der Waals surface area contributed by atoms with Crippen molar-refractivity contribution in [3.05, 3.63) is 66.4 Å². The maximum absolute atomic E-state index is 12.6. The molecule has 1 aliphatic heterocycles. The van der Waals surface area contributed by atoms with Crippen molar-refractivity contribution in [3.8, 4) is 0 Å². The summed E-state index contributed by atoms with van der Waals surface area (Å²) < 4.78 is 0. The maximum atomic E-state index is 12.6. The summed E-state index contributed by atoms with van der Waals surface area (Å²) in [4.78, 5) is 33.2.